The number of likely N-dealkylation sites (tertiary alicyclic amines) is 1. The number of carboxylic acids is 1. The summed E-state index contributed by atoms with van der Waals surface area (Å²) in [6, 6.07) is 6.19. The molecule has 19 heavy (non-hydrogen) atoms. The second kappa shape index (κ2) is 5.30. The molecule has 1 fully saturated rings. The van der Waals surface area contributed by atoms with Crippen LogP contribution in [0.25, 0.3) is 0 Å². The van der Waals surface area contributed by atoms with Gasteiger partial charge in [-0.1, -0.05) is 26.0 Å². The van der Waals surface area contributed by atoms with Gasteiger partial charge in [0.15, 0.2) is 0 Å². The van der Waals surface area contributed by atoms with Gasteiger partial charge in [0.1, 0.15) is 0 Å². The van der Waals surface area contributed by atoms with Crippen molar-refractivity contribution in [1.29, 1.82) is 0 Å². The zero-order valence-corrected chi connectivity index (χ0v) is 11.1. The van der Waals surface area contributed by atoms with E-state index in [0.717, 1.165) is 0 Å². The molecule has 1 aromatic rings. The third kappa shape index (κ3) is 2.86. The van der Waals surface area contributed by atoms with Crippen molar-refractivity contribution in [1.82, 2.24) is 4.90 Å². The Bertz CT molecular complexity index is 491. The van der Waals surface area contributed by atoms with Gasteiger partial charge >= 0.3 is 12.0 Å². The van der Waals surface area contributed by atoms with Gasteiger partial charge in [-0.3, -0.25) is 0 Å². The molecule has 2 atom stereocenters. The van der Waals surface area contributed by atoms with Crippen LogP contribution in [-0.2, 0) is 0 Å². The van der Waals surface area contributed by atoms with Gasteiger partial charge < -0.3 is 15.3 Å². The molecular weight excluding hydrogens is 244 g/mol. The first-order chi connectivity index (χ1) is 8.99. The smallest absolute Gasteiger partial charge is 0.337 e. The number of hydrogen-bond acceptors (Lipinski definition) is 2. The number of carboxylic acid groups (broad SMARTS) is 1. The van der Waals surface area contributed by atoms with Crippen LogP contribution in [-0.4, -0.2) is 35.1 Å². The summed E-state index contributed by atoms with van der Waals surface area (Å²) >= 11 is 0. The first-order valence-corrected chi connectivity index (χ1v) is 6.37. The largest absolute Gasteiger partial charge is 0.478 e. The van der Waals surface area contributed by atoms with E-state index in [0.29, 0.717) is 30.6 Å². The number of benzene rings is 1. The van der Waals surface area contributed by atoms with Gasteiger partial charge in [0.05, 0.1) is 11.3 Å². The lowest BCUT2D eigenvalue weighted by Crippen LogP contribution is -2.33. The molecule has 102 valence electrons. The molecule has 5 nitrogen and oxygen atoms in total. The number of nitrogens with one attached hydrogen (secondary N) is 1. The number of hydrogen-bond donors (Lipinski definition) is 2. The SMILES string of the molecule is CC1CN(C(=O)Nc2ccccc2C(=O)O)CC1C. The van der Waals surface area contributed by atoms with E-state index >= 15 is 0 Å². The molecule has 2 rings (SSSR count). The van der Waals surface area contributed by atoms with Crippen molar-refractivity contribution in [3.05, 3.63) is 29.8 Å². The van der Waals surface area contributed by atoms with E-state index < -0.39 is 5.97 Å². The third-order valence-electron chi connectivity index (χ3n) is 3.67. The fraction of sp³-hybridized carbons (Fsp3) is 0.429. The maximum absolute atomic E-state index is 12.1. The van der Waals surface area contributed by atoms with Gasteiger partial charge in [-0.15, -0.1) is 0 Å². The van der Waals surface area contributed by atoms with Crippen molar-refractivity contribution < 1.29 is 14.7 Å². The Morgan fingerprint density at radius 2 is 1.79 bits per heavy atom. The second-order valence-electron chi connectivity index (χ2n) is 5.14. The molecule has 0 spiro atoms. The average Bonchev–Trinajstić information content (AvgIpc) is 2.70. The van der Waals surface area contributed by atoms with Crippen LogP contribution in [0.15, 0.2) is 24.3 Å². The molecule has 0 saturated carbocycles. The normalized spacial score (nSPS) is 22.3. The van der Waals surface area contributed by atoms with Gasteiger partial charge in [0.2, 0.25) is 0 Å². The molecule has 0 bridgehead atoms. The Hall–Kier alpha value is -2.04. The summed E-state index contributed by atoms with van der Waals surface area (Å²) in [6.45, 7) is 5.65. The molecule has 2 N–H and O–H groups in total. The van der Waals surface area contributed by atoms with Crippen LogP contribution in [0.1, 0.15) is 24.2 Å². The quantitative estimate of drug-likeness (QED) is 0.860. The number of urea groups is 1. The summed E-state index contributed by atoms with van der Waals surface area (Å²) < 4.78 is 0. The fourth-order valence-electron chi connectivity index (χ4n) is 2.27. The fourth-order valence-corrected chi connectivity index (χ4v) is 2.27. The van der Waals surface area contributed by atoms with Gasteiger partial charge in [-0.05, 0) is 24.0 Å². The molecule has 0 aliphatic carbocycles. The van der Waals surface area contributed by atoms with Crippen molar-refractivity contribution >= 4 is 17.7 Å². The predicted molar refractivity (Wildman–Crippen MR) is 72.3 cm³/mol. The maximum Gasteiger partial charge on any atom is 0.337 e. The zero-order valence-electron chi connectivity index (χ0n) is 11.1. The van der Waals surface area contributed by atoms with E-state index in [2.05, 4.69) is 19.2 Å². The highest BCUT2D eigenvalue weighted by atomic mass is 16.4. The van der Waals surface area contributed by atoms with Gasteiger partial charge in [0.25, 0.3) is 0 Å². The van der Waals surface area contributed by atoms with Crippen molar-refractivity contribution in [3.63, 3.8) is 0 Å². The molecular formula is C14H18N2O3. The van der Waals surface area contributed by atoms with Crippen molar-refractivity contribution in [3.8, 4) is 0 Å². The van der Waals surface area contributed by atoms with Crippen molar-refractivity contribution in [2.24, 2.45) is 11.8 Å². The first kappa shape index (κ1) is 13.4. The van der Waals surface area contributed by atoms with Gasteiger partial charge in [-0.25, -0.2) is 9.59 Å². The number of para-hydroxylation sites is 1. The third-order valence-corrected chi connectivity index (χ3v) is 3.67. The van der Waals surface area contributed by atoms with Crippen LogP contribution in [0.3, 0.4) is 0 Å². The lowest BCUT2D eigenvalue weighted by atomic mass is 10.0. The number of carbonyl (C=O) groups excluding carboxylic acids is 1. The van der Waals surface area contributed by atoms with E-state index in [1.807, 2.05) is 0 Å². The lowest BCUT2D eigenvalue weighted by molar-refractivity contribution is 0.0698. The molecule has 1 aliphatic rings. The summed E-state index contributed by atoms with van der Waals surface area (Å²) in [5.74, 6) is -0.0972. The predicted octanol–water partition coefficient (Wildman–Crippen LogP) is 2.50. The number of rotatable bonds is 2. The van der Waals surface area contributed by atoms with Crippen LogP contribution in [0.2, 0.25) is 0 Å². The Morgan fingerprint density at radius 3 is 2.37 bits per heavy atom. The highest BCUT2D eigenvalue weighted by Crippen LogP contribution is 2.23. The van der Waals surface area contributed by atoms with Crippen molar-refractivity contribution in [2.45, 2.75) is 13.8 Å². The molecule has 2 amide bonds. The zero-order chi connectivity index (χ0) is 14.0. The van der Waals surface area contributed by atoms with E-state index in [4.69, 9.17) is 5.11 Å². The lowest BCUT2D eigenvalue weighted by Gasteiger charge is -2.17. The van der Waals surface area contributed by atoms with Crippen LogP contribution >= 0.6 is 0 Å². The molecule has 1 heterocycles. The molecule has 5 heteroatoms. The molecule has 1 aliphatic heterocycles. The number of carbonyl (C=O) groups is 2. The molecule has 1 saturated heterocycles. The minimum absolute atomic E-state index is 0.108. The van der Waals surface area contributed by atoms with Crippen LogP contribution in [0.5, 0.6) is 0 Å². The van der Waals surface area contributed by atoms with Gasteiger partial charge in [-0.2, -0.15) is 0 Å². The summed E-state index contributed by atoms with van der Waals surface area (Å²) in [4.78, 5) is 24.9. The van der Waals surface area contributed by atoms with Crippen LogP contribution in [0.4, 0.5) is 10.5 Å². The first-order valence-electron chi connectivity index (χ1n) is 6.37. The summed E-state index contributed by atoms with van der Waals surface area (Å²) in [7, 11) is 0. The average molecular weight is 262 g/mol. The number of aromatic carboxylic acids is 1. The number of amides is 2. The van der Waals surface area contributed by atoms with Crippen LogP contribution in [0, 0.1) is 11.8 Å². The minimum atomic E-state index is -1.04. The molecule has 2 unspecified atom stereocenters. The van der Waals surface area contributed by atoms with E-state index in [9.17, 15) is 9.59 Å². The Morgan fingerprint density at radius 1 is 1.21 bits per heavy atom. The molecule has 0 radical (unpaired) electrons. The van der Waals surface area contributed by atoms with Crippen LogP contribution < -0.4 is 5.32 Å². The Kier molecular flexibility index (Phi) is 3.74. The Labute approximate surface area is 112 Å². The Balaban J connectivity index is 2.10. The van der Waals surface area contributed by atoms with Crippen molar-refractivity contribution in [2.75, 3.05) is 18.4 Å². The number of anilines is 1. The summed E-state index contributed by atoms with van der Waals surface area (Å²) in [5.41, 5.74) is 0.448. The summed E-state index contributed by atoms with van der Waals surface area (Å²) in [5, 5.41) is 11.7. The highest BCUT2D eigenvalue weighted by Gasteiger charge is 2.29. The highest BCUT2D eigenvalue weighted by molar-refractivity contribution is 6.00. The number of nitrogens with zero attached hydrogens (tertiary/aromatic N) is 1. The summed E-state index contributed by atoms with van der Waals surface area (Å²) in [6.07, 6.45) is 0. The maximum atomic E-state index is 12.1. The van der Waals surface area contributed by atoms with E-state index in [1.54, 1.807) is 23.1 Å². The second-order valence-corrected chi connectivity index (χ2v) is 5.14. The molecule has 0 aromatic heterocycles. The molecule has 1 aromatic carbocycles. The minimum Gasteiger partial charge on any atom is -0.478 e. The topological polar surface area (TPSA) is 69.6 Å². The van der Waals surface area contributed by atoms with E-state index in [1.165, 1.54) is 6.07 Å². The van der Waals surface area contributed by atoms with E-state index in [-0.39, 0.29) is 11.6 Å². The standard InChI is InChI=1S/C14H18N2O3/c1-9-7-16(8-10(9)2)14(19)15-12-6-4-3-5-11(12)13(17)18/h3-6,9-10H,7-8H2,1-2H3,(H,15,19)(H,17,18). The monoisotopic (exact) mass is 262 g/mol. The van der Waals surface area contributed by atoms with Gasteiger partial charge in [0, 0.05) is 13.1 Å².